The topological polar surface area (TPSA) is 47.3 Å². The maximum absolute atomic E-state index is 6.07. The summed E-state index contributed by atoms with van der Waals surface area (Å²) in [6.45, 7) is 3.93. The molecule has 0 radical (unpaired) electrons. The summed E-state index contributed by atoms with van der Waals surface area (Å²) in [6, 6.07) is 0.638. The molecule has 1 aliphatic carbocycles. The van der Waals surface area contributed by atoms with E-state index in [1.807, 2.05) is 0 Å². The minimum atomic E-state index is 0.178. The lowest BCUT2D eigenvalue weighted by molar-refractivity contribution is 0.0489. The standard InChI is InChI=1S/C12H24N2O/c1-12(6-3-2-4-7-12)14-11-5-8-15-9-10(11)13/h10-11,14H,2-9,13H2,1H3. The Morgan fingerprint density at radius 3 is 2.67 bits per heavy atom. The Balaban J connectivity index is 1.88. The van der Waals surface area contributed by atoms with E-state index in [0.717, 1.165) is 13.0 Å². The lowest BCUT2D eigenvalue weighted by Crippen LogP contribution is -2.58. The highest BCUT2D eigenvalue weighted by Gasteiger charge is 2.32. The highest BCUT2D eigenvalue weighted by atomic mass is 16.5. The zero-order chi connectivity index (χ0) is 10.7. The van der Waals surface area contributed by atoms with Crippen molar-refractivity contribution < 1.29 is 4.74 Å². The van der Waals surface area contributed by atoms with Gasteiger partial charge in [-0.15, -0.1) is 0 Å². The molecule has 0 amide bonds. The summed E-state index contributed by atoms with van der Waals surface area (Å²) >= 11 is 0. The van der Waals surface area contributed by atoms with E-state index in [4.69, 9.17) is 10.5 Å². The van der Waals surface area contributed by atoms with Gasteiger partial charge in [-0.25, -0.2) is 0 Å². The molecule has 88 valence electrons. The molecule has 3 heteroatoms. The minimum Gasteiger partial charge on any atom is -0.380 e. The molecule has 0 aromatic rings. The lowest BCUT2D eigenvalue weighted by Gasteiger charge is -2.41. The van der Waals surface area contributed by atoms with Gasteiger partial charge in [0, 0.05) is 24.2 Å². The summed E-state index contributed by atoms with van der Waals surface area (Å²) in [5.41, 5.74) is 6.40. The summed E-state index contributed by atoms with van der Waals surface area (Å²) in [6.07, 6.45) is 7.80. The van der Waals surface area contributed by atoms with Crippen LogP contribution in [-0.4, -0.2) is 30.8 Å². The average molecular weight is 212 g/mol. The van der Waals surface area contributed by atoms with Crippen LogP contribution in [0.4, 0.5) is 0 Å². The van der Waals surface area contributed by atoms with Crippen LogP contribution >= 0.6 is 0 Å². The van der Waals surface area contributed by atoms with Crippen LogP contribution in [0.15, 0.2) is 0 Å². The predicted molar refractivity (Wildman–Crippen MR) is 61.8 cm³/mol. The number of hydrogen-bond donors (Lipinski definition) is 2. The van der Waals surface area contributed by atoms with E-state index < -0.39 is 0 Å². The number of rotatable bonds is 2. The molecule has 1 saturated carbocycles. The van der Waals surface area contributed by atoms with Crippen molar-refractivity contribution in [1.82, 2.24) is 5.32 Å². The molecule has 2 unspecified atom stereocenters. The molecule has 2 atom stereocenters. The van der Waals surface area contributed by atoms with Gasteiger partial charge in [0.1, 0.15) is 0 Å². The number of nitrogens with two attached hydrogens (primary N) is 1. The second-order valence-electron chi connectivity index (χ2n) is 5.40. The molecule has 0 aromatic carbocycles. The first-order valence-corrected chi connectivity index (χ1v) is 6.31. The van der Waals surface area contributed by atoms with E-state index in [1.165, 1.54) is 32.1 Å². The molecule has 2 fully saturated rings. The van der Waals surface area contributed by atoms with Crippen molar-refractivity contribution in [1.29, 1.82) is 0 Å². The van der Waals surface area contributed by atoms with Crippen molar-refractivity contribution in [2.75, 3.05) is 13.2 Å². The maximum atomic E-state index is 6.07. The van der Waals surface area contributed by atoms with Gasteiger partial charge in [0.2, 0.25) is 0 Å². The fourth-order valence-corrected chi connectivity index (χ4v) is 2.86. The number of nitrogens with one attached hydrogen (secondary N) is 1. The van der Waals surface area contributed by atoms with Gasteiger partial charge in [-0.3, -0.25) is 0 Å². The van der Waals surface area contributed by atoms with Gasteiger partial charge in [-0.2, -0.15) is 0 Å². The number of ether oxygens (including phenoxy) is 1. The molecular formula is C12H24N2O. The monoisotopic (exact) mass is 212 g/mol. The van der Waals surface area contributed by atoms with Gasteiger partial charge in [-0.05, 0) is 26.2 Å². The molecule has 1 heterocycles. The van der Waals surface area contributed by atoms with E-state index >= 15 is 0 Å². The Hall–Kier alpha value is -0.120. The first kappa shape index (κ1) is 11.4. The fourth-order valence-electron chi connectivity index (χ4n) is 2.86. The van der Waals surface area contributed by atoms with Crippen LogP contribution in [0.5, 0.6) is 0 Å². The van der Waals surface area contributed by atoms with Gasteiger partial charge >= 0.3 is 0 Å². The smallest absolute Gasteiger partial charge is 0.0632 e. The fraction of sp³-hybridized carbons (Fsp3) is 1.00. The molecule has 0 aromatic heterocycles. The molecule has 3 N–H and O–H groups in total. The Bertz CT molecular complexity index is 202. The third kappa shape index (κ3) is 2.92. The van der Waals surface area contributed by atoms with E-state index in [9.17, 15) is 0 Å². The van der Waals surface area contributed by atoms with E-state index in [1.54, 1.807) is 0 Å². The summed E-state index contributed by atoms with van der Waals surface area (Å²) in [5.74, 6) is 0. The molecule has 15 heavy (non-hydrogen) atoms. The zero-order valence-corrected chi connectivity index (χ0v) is 9.80. The molecule has 3 nitrogen and oxygen atoms in total. The van der Waals surface area contributed by atoms with Gasteiger partial charge in [-0.1, -0.05) is 19.3 Å². The van der Waals surface area contributed by atoms with Crippen LogP contribution in [-0.2, 0) is 4.74 Å². The van der Waals surface area contributed by atoms with Gasteiger partial charge in [0.25, 0.3) is 0 Å². The summed E-state index contributed by atoms with van der Waals surface area (Å²) < 4.78 is 5.37. The molecule has 1 aliphatic heterocycles. The lowest BCUT2D eigenvalue weighted by atomic mass is 9.82. The van der Waals surface area contributed by atoms with Crippen LogP contribution in [0.3, 0.4) is 0 Å². The van der Waals surface area contributed by atoms with Gasteiger partial charge < -0.3 is 15.8 Å². The van der Waals surface area contributed by atoms with Gasteiger partial charge in [0.05, 0.1) is 6.61 Å². The summed E-state index contributed by atoms with van der Waals surface area (Å²) in [4.78, 5) is 0. The third-order valence-electron chi connectivity index (χ3n) is 3.89. The first-order chi connectivity index (χ1) is 7.20. The van der Waals surface area contributed by atoms with Crippen molar-refractivity contribution in [3.05, 3.63) is 0 Å². The van der Waals surface area contributed by atoms with Crippen molar-refractivity contribution in [2.45, 2.75) is 63.1 Å². The normalized spacial score (nSPS) is 36.4. The third-order valence-corrected chi connectivity index (χ3v) is 3.89. The van der Waals surface area contributed by atoms with E-state index in [-0.39, 0.29) is 6.04 Å². The molecule has 2 rings (SSSR count). The minimum absolute atomic E-state index is 0.178. The molecular weight excluding hydrogens is 188 g/mol. The average Bonchev–Trinajstić information content (AvgIpc) is 2.22. The number of hydrogen-bond acceptors (Lipinski definition) is 3. The first-order valence-electron chi connectivity index (χ1n) is 6.31. The van der Waals surface area contributed by atoms with Crippen molar-refractivity contribution in [3.63, 3.8) is 0 Å². The van der Waals surface area contributed by atoms with Crippen molar-refractivity contribution in [2.24, 2.45) is 5.73 Å². The van der Waals surface area contributed by atoms with Crippen molar-refractivity contribution >= 4 is 0 Å². The Morgan fingerprint density at radius 2 is 2.00 bits per heavy atom. The van der Waals surface area contributed by atoms with Crippen molar-refractivity contribution in [3.8, 4) is 0 Å². The van der Waals surface area contributed by atoms with Gasteiger partial charge in [0.15, 0.2) is 0 Å². The highest BCUT2D eigenvalue weighted by molar-refractivity contribution is 4.93. The zero-order valence-electron chi connectivity index (χ0n) is 9.80. The maximum Gasteiger partial charge on any atom is 0.0632 e. The van der Waals surface area contributed by atoms with Crippen LogP contribution in [0.2, 0.25) is 0 Å². The molecule has 0 spiro atoms. The van der Waals surface area contributed by atoms with Crippen LogP contribution < -0.4 is 11.1 Å². The SMILES string of the molecule is CC1(NC2CCOCC2N)CCCCC1. The van der Waals surface area contributed by atoms with Crippen LogP contribution in [0, 0.1) is 0 Å². The summed E-state index contributed by atoms with van der Waals surface area (Å²) in [7, 11) is 0. The quantitative estimate of drug-likeness (QED) is 0.727. The second-order valence-corrected chi connectivity index (χ2v) is 5.40. The molecule has 0 bridgehead atoms. The Morgan fingerprint density at radius 1 is 1.27 bits per heavy atom. The molecule has 1 saturated heterocycles. The second kappa shape index (κ2) is 4.81. The van der Waals surface area contributed by atoms with E-state index in [2.05, 4.69) is 12.2 Å². The Labute approximate surface area is 92.7 Å². The van der Waals surface area contributed by atoms with E-state index in [0.29, 0.717) is 18.2 Å². The highest BCUT2D eigenvalue weighted by Crippen LogP contribution is 2.28. The molecule has 2 aliphatic rings. The Kier molecular flexibility index (Phi) is 3.65. The largest absolute Gasteiger partial charge is 0.380 e. The predicted octanol–water partition coefficient (Wildman–Crippen LogP) is 1.41. The van der Waals surface area contributed by atoms with Crippen LogP contribution in [0.1, 0.15) is 45.4 Å². The van der Waals surface area contributed by atoms with Crippen LogP contribution in [0.25, 0.3) is 0 Å². The summed E-state index contributed by atoms with van der Waals surface area (Å²) in [5, 5.41) is 3.78.